The van der Waals surface area contributed by atoms with Crippen molar-refractivity contribution < 1.29 is 24.2 Å². The quantitative estimate of drug-likeness (QED) is 0.607. The molecule has 0 aliphatic carbocycles. The highest BCUT2D eigenvalue weighted by Crippen LogP contribution is 2.43. The predicted molar refractivity (Wildman–Crippen MR) is 62.7 cm³/mol. The molecule has 0 atom stereocenters. The first-order valence-electron chi connectivity index (χ1n) is 5.51. The molecule has 96 valence electrons. The van der Waals surface area contributed by atoms with Gasteiger partial charge in [0.15, 0.2) is 0 Å². The molecule has 1 aromatic rings. The van der Waals surface area contributed by atoms with Gasteiger partial charge in [0.1, 0.15) is 11.5 Å². The molecule has 1 heterocycles. The van der Waals surface area contributed by atoms with Crippen LogP contribution in [0.15, 0.2) is 12.1 Å². The minimum Gasteiger partial charge on any atom is -0.508 e. The number of esters is 2. The molecule has 0 radical (unpaired) electrons. The largest absolute Gasteiger partial charge is 0.508 e. The zero-order valence-electron chi connectivity index (χ0n) is 10.4. The Morgan fingerprint density at radius 2 is 2.11 bits per heavy atom. The third kappa shape index (κ3) is 1.92. The zero-order chi connectivity index (χ0) is 13.5. The lowest BCUT2D eigenvalue weighted by Crippen LogP contribution is -2.32. The van der Waals surface area contributed by atoms with Crippen LogP contribution in [-0.2, 0) is 14.9 Å². The van der Waals surface area contributed by atoms with Gasteiger partial charge in [0.2, 0.25) is 0 Å². The maximum absolute atomic E-state index is 11.7. The number of phenolic OH excluding ortho intramolecular Hbond substituents is 1. The van der Waals surface area contributed by atoms with E-state index in [0.717, 1.165) is 0 Å². The van der Waals surface area contributed by atoms with Crippen LogP contribution in [0.25, 0.3) is 0 Å². The number of rotatable bonds is 1. The van der Waals surface area contributed by atoms with E-state index in [2.05, 4.69) is 4.74 Å². The molecule has 0 saturated carbocycles. The summed E-state index contributed by atoms with van der Waals surface area (Å²) in [5, 5.41) is 9.57. The van der Waals surface area contributed by atoms with Crippen molar-refractivity contribution in [3.05, 3.63) is 23.3 Å². The summed E-state index contributed by atoms with van der Waals surface area (Å²) in [4.78, 5) is 23.2. The molecule has 0 fully saturated rings. The normalized spacial score (nSPS) is 16.7. The monoisotopic (exact) mass is 250 g/mol. The minimum atomic E-state index is -0.562. The fraction of sp³-hybridized carbons (Fsp3) is 0.385. The van der Waals surface area contributed by atoms with E-state index in [0.29, 0.717) is 5.56 Å². The third-order valence-electron chi connectivity index (χ3n) is 2.98. The van der Waals surface area contributed by atoms with Gasteiger partial charge < -0.3 is 14.6 Å². The number of methoxy groups -OCH3 is 1. The van der Waals surface area contributed by atoms with E-state index >= 15 is 0 Å². The van der Waals surface area contributed by atoms with Crippen molar-refractivity contribution in [3.8, 4) is 11.5 Å². The summed E-state index contributed by atoms with van der Waals surface area (Å²) in [7, 11) is 1.26. The lowest BCUT2D eigenvalue weighted by atomic mass is 9.77. The molecule has 1 aliphatic heterocycles. The Morgan fingerprint density at radius 3 is 2.72 bits per heavy atom. The number of hydrogen-bond donors (Lipinski definition) is 1. The fourth-order valence-corrected chi connectivity index (χ4v) is 2.26. The molecule has 1 N–H and O–H groups in total. The van der Waals surface area contributed by atoms with E-state index < -0.39 is 11.4 Å². The second kappa shape index (κ2) is 4.01. The summed E-state index contributed by atoms with van der Waals surface area (Å²) in [6.07, 6.45) is 0.175. The molecule has 18 heavy (non-hydrogen) atoms. The smallest absolute Gasteiger partial charge is 0.338 e. The van der Waals surface area contributed by atoms with Crippen molar-refractivity contribution in [3.63, 3.8) is 0 Å². The number of carbonyl (C=O) groups excluding carboxylic acids is 2. The first kappa shape index (κ1) is 12.4. The zero-order valence-corrected chi connectivity index (χ0v) is 10.4. The van der Waals surface area contributed by atoms with Crippen LogP contribution >= 0.6 is 0 Å². The Bertz CT molecular complexity index is 530. The van der Waals surface area contributed by atoms with E-state index in [1.54, 1.807) is 0 Å². The van der Waals surface area contributed by atoms with Gasteiger partial charge in [-0.2, -0.15) is 0 Å². The van der Waals surface area contributed by atoms with Gasteiger partial charge in [-0.15, -0.1) is 0 Å². The molecule has 0 aromatic heterocycles. The second-order valence-corrected chi connectivity index (χ2v) is 4.89. The molecular formula is C13H14O5. The molecule has 0 amide bonds. The van der Waals surface area contributed by atoms with Gasteiger partial charge in [-0.1, -0.05) is 13.8 Å². The Kier molecular flexibility index (Phi) is 2.77. The molecule has 0 spiro atoms. The highest BCUT2D eigenvalue weighted by Gasteiger charge is 2.38. The standard InChI is InChI=1S/C13H14O5/c1-13(2)6-10(15)18-9-5-7(14)4-8(11(9)13)12(16)17-3/h4-5,14H,6H2,1-3H3. The van der Waals surface area contributed by atoms with Crippen molar-refractivity contribution in [1.29, 1.82) is 0 Å². The maximum atomic E-state index is 11.7. The molecule has 5 nitrogen and oxygen atoms in total. The summed E-state index contributed by atoms with van der Waals surface area (Å²) in [6.45, 7) is 3.69. The predicted octanol–water partition coefficient (Wildman–Crippen LogP) is 1.77. The van der Waals surface area contributed by atoms with Crippen LogP contribution in [0.5, 0.6) is 11.5 Å². The first-order chi connectivity index (χ1) is 8.35. The number of carbonyl (C=O) groups is 2. The summed E-state index contributed by atoms with van der Waals surface area (Å²) in [5.74, 6) is -0.863. The number of ether oxygens (including phenoxy) is 2. The summed E-state index contributed by atoms with van der Waals surface area (Å²) < 4.78 is 9.76. The van der Waals surface area contributed by atoms with Crippen LogP contribution in [0.1, 0.15) is 36.2 Å². The summed E-state index contributed by atoms with van der Waals surface area (Å²) >= 11 is 0. The maximum Gasteiger partial charge on any atom is 0.338 e. The van der Waals surface area contributed by atoms with Crippen LogP contribution in [0.4, 0.5) is 0 Å². The van der Waals surface area contributed by atoms with Crippen LogP contribution < -0.4 is 4.74 Å². The van der Waals surface area contributed by atoms with Crippen molar-refractivity contribution in [2.75, 3.05) is 7.11 Å². The Morgan fingerprint density at radius 1 is 1.44 bits per heavy atom. The molecule has 0 bridgehead atoms. The first-order valence-corrected chi connectivity index (χ1v) is 5.51. The van der Waals surface area contributed by atoms with Gasteiger partial charge >= 0.3 is 11.9 Å². The number of fused-ring (bicyclic) bond motifs is 1. The van der Waals surface area contributed by atoms with Gasteiger partial charge in [-0.05, 0) is 6.07 Å². The van der Waals surface area contributed by atoms with Crippen LogP contribution in [0, 0.1) is 0 Å². The van der Waals surface area contributed by atoms with Crippen molar-refractivity contribution >= 4 is 11.9 Å². The topological polar surface area (TPSA) is 72.8 Å². The van der Waals surface area contributed by atoms with Gasteiger partial charge in [0, 0.05) is 17.0 Å². The number of phenols is 1. The highest BCUT2D eigenvalue weighted by atomic mass is 16.5. The molecule has 0 unspecified atom stereocenters. The SMILES string of the molecule is COC(=O)c1cc(O)cc2c1C(C)(C)CC(=O)O2. The van der Waals surface area contributed by atoms with Gasteiger partial charge in [0.25, 0.3) is 0 Å². The highest BCUT2D eigenvalue weighted by molar-refractivity contribution is 5.94. The van der Waals surface area contributed by atoms with E-state index in [1.165, 1.54) is 19.2 Å². The van der Waals surface area contributed by atoms with Gasteiger partial charge in [-0.3, -0.25) is 4.79 Å². The van der Waals surface area contributed by atoms with Crippen molar-refractivity contribution in [1.82, 2.24) is 0 Å². The molecule has 0 saturated heterocycles. The van der Waals surface area contributed by atoms with Crippen molar-refractivity contribution in [2.45, 2.75) is 25.7 Å². The Labute approximate surface area is 104 Å². The summed E-state index contributed by atoms with van der Waals surface area (Å²) in [6, 6.07) is 2.66. The van der Waals surface area contributed by atoms with E-state index in [4.69, 9.17) is 4.74 Å². The average molecular weight is 250 g/mol. The van der Waals surface area contributed by atoms with Crippen LogP contribution in [0.2, 0.25) is 0 Å². The van der Waals surface area contributed by atoms with E-state index in [-0.39, 0.29) is 29.5 Å². The lowest BCUT2D eigenvalue weighted by Gasteiger charge is -2.32. The van der Waals surface area contributed by atoms with Gasteiger partial charge in [0.05, 0.1) is 19.1 Å². The van der Waals surface area contributed by atoms with Crippen molar-refractivity contribution in [2.24, 2.45) is 0 Å². The molecule has 1 aliphatic rings. The molecular weight excluding hydrogens is 236 g/mol. The number of benzene rings is 1. The molecule has 1 aromatic carbocycles. The Hall–Kier alpha value is -2.04. The lowest BCUT2D eigenvalue weighted by molar-refractivity contribution is -0.137. The number of aromatic hydroxyl groups is 1. The minimum absolute atomic E-state index is 0.139. The molecule has 2 rings (SSSR count). The average Bonchev–Trinajstić information content (AvgIpc) is 2.24. The number of hydrogen-bond acceptors (Lipinski definition) is 5. The fourth-order valence-electron chi connectivity index (χ4n) is 2.26. The van der Waals surface area contributed by atoms with Gasteiger partial charge in [-0.25, -0.2) is 4.79 Å². The van der Waals surface area contributed by atoms with E-state index in [1.807, 2.05) is 13.8 Å². The second-order valence-electron chi connectivity index (χ2n) is 4.89. The molecule has 5 heteroatoms. The summed E-state index contributed by atoms with van der Waals surface area (Å²) in [5.41, 5.74) is 0.277. The third-order valence-corrected chi connectivity index (χ3v) is 2.98. The van der Waals surface area contributed by atoms with E-state index in [9.17, 15) is 14.7 Å². The Balaban J connectivity index is 2.70. The van der Waals surface area contributed by atoms with Crippen LogP contribution in [-0.4, -0.2) is 24.2 Å². The van der Waals surface area contributed by atoms with Crippen LogP contribution in [0.3, 0.4) is 0 Å².